The molecule has 0 aliphatic carbocycles. The Balaban J connectivity index is 2.16. The summed E-state index contributed by atoms with van der Waals surface area (Å²) in [4.78, 5) is 19.8. The molecule has 1 amide bonds. The van der Waals surface area contributed by atoms with E-state index >= 15 is 0 Å². The topological polar surface area (TPSA) is 60.2 Å². The van der Waals surface area contributed by atoms with Gasteiger partial charge in [-0.15, -0.1) is 0 Å². The second-order valence-electron chi connectivity index (χ2n) is 6.58. The van der Waals surface area contributed by atoms with Gasteiger partial charge in [-0.3, -0.25) is 9.48 Å². The molecule has 0 saturated carbocycles. The van der Waals surface area contributed by atoms with E-state index in [9.17, 15) is 4.79 Å². The molecule has 0 N–H and O–H groups in total. The number of morpholine rings is 1. The molecule has 124 valence electrons. The number of rotatable bonds is 2. The third-order valence-electron chi connectivity index (χ3n) is 4.44. The number of pyridine rings is 1. The number of fused-ring (bicyclic) bond motifs is 1. The number of hydrogen-bond acceptors (Lipinski definition) is 4. The van der Waals surface area contributed by atoms with Crippen LogP contribution in [-0.4, -0.2) is 51.4 Å². The van der Waals surface area contributed by atoms with E-state index in [1.807, 2.05) is 31.9 Å². The lowest BCUT2D eigenvalue weighted by Gasteiger charge is -2.33. The van der Waals surface area contributed by atoms with Crippen LogP contribution in [-0.2, 0) is 11.8 Å². The minimum absolute atomic E-state index is 0.0474. The fourth-order valence-electron chi connectivity index (χ4n) is 3.11. The van der Waals surface area contributed by atoms with E-state index < -0.39 is 0 Å². The highest BCUT2D eigenvalue weighted by Gasteiger charge is 2.28. The Kier molecular flexibility index (Phi) is 4.10. The fraction of sp³-hybridized carbons (Fsp3) is 0.588. The quantitative estimate of drug-likeness (QED) is 0.852. The van der Waals surface area contributed by atoms with Gasteiger partial charge in [-0.25, -0.2) is 4.98 Å². The molecule has 6 nitrogen and oxygen atoms in total. The Labute approximate surface area is 136 Å². The average molecular weight is 316 g/mol. The van der Waals surface area contributed by atoms with E-state index in [-0.39, 0.29) is 17.9 Å². The Morgan fingerprint density at radius 2 is 2.17 bits per heavy atom. The summed E-state index contributed by atoms with van der Waals surface area (Å²) < 4.78 is 7.21. The minimum atomic E-state index is 0.0474. The summed E-state index contributed by atoms with van der Waals surface area (Å²) in [5.41, 5.74) is 3.25. The Hall–Kier alpha value is -1.95. The second-order valence-corrected chi connectivity index (χ2v) is 6.58. The number of carbonyl (C=O) groups is 1. The van der Waals surface area contributed by atoms with Gasteiger partial charge in [0.25, 0.3) is 5.91 Å². The van der Waals surface area contributed by atoms with Crippen LogP contribution in [0.2, 0.25) is 0 Å². The summed E-state index contributed by atoms with van der Waals surface area (Å²) >= 11 is 0. The van der Waals surface area contributed by atoms with Crippen molar-refractivity contribution in [2.45, 2.75) is 39.7 Å². The third kappa shape index (κ3) is 2.72. The molecule has 1 unspecified atom stereocenters. The van der Waals surface area contributed by atoms with Gasteiger partial charge >= 0.3 is 0 Å². The molecule has 2 aromatic heterocycles. The summed E-state index contributed by atoms with van der Waals surface area (Å²) in [5, 5.41) is 5.32. The van der Waals surface area contributed by atoms with Gasteiger partial charge in [0.1, 0.15) is 0 Å². The van der Waals surface area contributed by atoms with Gasteiger partial charge in [-0.1, -0.05) is 13.8 Å². The van der Waals surface area contributed by atoms with Crippen molar-refractivity contribution < 1.29 is 9.53 Å². The highest BCUT2D eigenvalue weighted by Crippen LogP contribution is 2.26. The van der Waals surface area contributed by atoms with Gasteiger partial charge < -0.3 is 9.64 Å². The first-order chi connectivity index (χ1) is 10.9. The SMILES string of the molecule is Cc1nn(C)c2nc(C(C)C)cc(C(=O)N3CCOCC3C)c12. The zero-order valence-electron chi connectivity index (χ0n) is 14.5. The van der Waals surface area contributed by atoms with Crippen LogP contribution in [0, 0.1) is 6.92 Å². The molecule has 6 heteroatoms. The zero-order chi connectivity index (χ0) is 16.7. The molecule has 23 heavy (non-hydrogen) atoms. The van der Waals surface area contributed by atoms with E-state index in [0.29, 0.717) is 25.3 Å². The summed E-state index contributed by atoms with van der Waals surface area (Å²) in [5.74, 6) is 0.300. The van der Waals surface area contributed by atoms with Crippen molar-refractivity contribution in [2.75, 3.05) is 19.8 Å². The lowest BCUT2D eigenvalue weighted by molar-refractivity contribution is 0.00369. The number of nitrogens with zero attached hydrogens (tertiary/aromatic N) is 4. The molecule has 2 aromatic rings. The molecule has 0 bridgehead atoms. The summed E-state index contributed by atoms with van der Waals surface area (Å²) in [7, 11) is 1.87. The molecule has 1 aliphatic heterocycles. The number of ether oxygens (including phenoxy) is 1. The third-order valence-corrected chi connectivity index (χ3v) is 4.44. The van der Waals surface area contributed by atoms with Crippen LogP contribution in [0.25, 0.3) is 11.0 Å². The molecule has 0 spiro atoms. The lowest BCUT2D eigenvalue weighted by atomic mass is 10.0. The van der Waals surface area contributed by atoms with Crippen LogP contribution in [0.15, 0.2) is 6.07 Å². The monoisotopic (exact) mass is 316 g/mol. The van der Waals surface area contributed by atoms with Gasteiger partial charge in [0.15, 0.2) is 5.65 Å². The molecule has 1 fully saturated rings. The predicted molar refractivity (Wildman–Crippen MR) is 88.7 cm³/mol. The van der Waals surface area contributed by atoms with E-state index in [1.165, 1.54) is 0 Å². The highest BCUT2D eigenvalue weighted by atomic mass is 16.5. The average Bonchev–Trinajstić information content (AvgIpc) is 2.81. The van der Waals surface area contributed by atoms with Gasteiger partial charge in [0.05, 0.1) is 35.9 Å². The van der Waals surface area contributed by atoms with Crippen LogP contribution < -0.4 is 0 Å². The summed E-state index contributed by atoms with van der Waals surface area (Å²) in [6.07, 6.45) is 0. The van der Waals surface area contributed by atoms with Crippen molar-refractivity contribution in [3.05, 3.63) is 23.0 Å². The Morgan fingerprint density at radius 1 is 1.43 bits per heavy atom. The first-order valence-corrected chi connectivity index (χ1v) is 8.13. The maximum absolute atomic E-state index is 13.2. The van der Waals surface area contributed by atoms with E-state index in [1.54, 1.807) is 4.68 Å². The molecule has 3 heterocycles. The van der Waals surface area contributed by atoms with Crippen molar-refractivity contribution in [3.8, 4) is 0 Å². The fourth-order valence-corrected chi connectivity index (χ4v) is 3.11. The molecule has 3 rings (SSSR count). The lowest BCUT2D eigenvalue weighted by Crippen LogP contribution is -2.47. The first-order valence-electron chi connectivity index (χ1n) is 8.13. The molecule has 1 atom stereocenters. The maximum atomic E-state index is 13.2. The number of hydrogen-bond donors (Lipinski definition) is 0. The van der Waals surface area contributed by atoms with E-state index in [0.717, 1.165) is 22.4 Å². The number of aromatic nitrogens is 3. The number of carbonyl (C=O) groups excluding carboxylic acids is 1. The van der Waals surface area contributed by atoms with Crippen LogP contribution in [0.1, 0.15) is 48.4 Å². The van der Waals surface area contributed by atoms with Crippen molar-refractivity contribution in [2.24, 2.45) is 7.05 Å². The molecular formula is C17H24N4O2. The zero-order valence-corrected chi connectivity index (χ0v) is 14.5. The second kappa shape index (κ2) is 5.92. The minimum Gasteiger partial charge on any atom is -0.377 e. The van der Waals surface area contributed by atoms with E-state index in [2.05, 4.69) is 18.9 Å². The Morgan fingerprint density at radius 3 is 2.83 bits per heavy atom. The van der Waals surface area contributed by atoms with Crippen molar-refractivity contribution in [3.63, 3.8) is 0 Å². The summed E-state index contributed by atoms with van der Waals surface area (Å²) in [6.45, 7) is 9.93. The highest BCUT2D eigenvalue weighted by molar-refractivity contribution is 6.06. The molecule has 1 aliphatic rings. The largest absolute Gasteiger partial charge is 0.377 e. The molecule has 0 radical (unpaired) electrons. The number of aryl methyl sites for hydroxylation is 2. The van der Waals surface area contributed by atoms with Crippen LogP contribution in [0.4, 0.5) is 0 Å². The van der Waals surface area contributed by atoms with Gasteiger partial charge in [-0.2, -0.15) is 5.10 Å². The standard InChI is InChI=1S/C17H24N4O2/c1-10(2)14-8-13(15-12(4)19-20(5)16(15)18-14)17(22)21-6-7-23-9-11(21)3/h8,10-11H,6-7,9H2,1-5H3. The van der Waals surface area contributed by atoms with Crippen LogP contribution >= 0.6 is 0 Å². The molecular weight excluding hydrogens is 292 g/mol. The van der Waals surface area contributed by atoms with Crippen LogP contribution in [0.3, 0.4) is 0 Å². The van der Waals surface area contributed by atoms with Gasteiger partial charge in [0, 0.05) is 19.3 Å². The van der Waals surface area contributed by atoms with Gasteiger partial charge in [0.2, 0.25) is 0 Å². The van der Waals surface area contributed by atoms with Crippen LogP contribution in [0.5, 0.6) is 0 Å². The number of amides is 1. The smallest absolute Gasteiger partial charge is 0.255 e. The predicted octanol–water partition coefficient (Wildman–Crippen LogP) is 2.26. The van der Waals surface area contributed by atoms with E-state index in [4.69, 9.17) is 9.72 Å². The van der Waals surface area contributed by atoms with Gasteiger partial charge in [-0.05, 0) is 25.8 Å². The van der Waals surface area contributed by atoms with Crippen molar-refractivity contribution >= 4 is 16.9 Å². The molecule has 0 aromatic carbocycles. The first kappa shape index (κ1) is 15.9. The maximum Gasteiger partial charge on any atom is 0.255 e. The normalized spacial score (nSPS) is 18.9. The Bertz CT molecular complexity index is 751. The summed E-state index contributed by atoms with van der Waals surface area (Å²) in [6, 6.07) is 2.02. The van der Waals surface area contributed by atoms with Crippen molar-refractivity contribution in [1.29, 1.82) is 0 Å². The van der Waals surface area contributed by atoms with Crippen molar-refractivity contribution in [1.82, 2.24) is 19.7 Å². The molecule has 1 saturated heterocycles.